The molecule has 2 nitrogen and oxygen atoms in total. The highest BCUT2D eigenvalue weighted by Crippen LogP contribution is 2.23. The molecule has 0 radical (unpaired) electrons. The summed E-state index contributed by atoms with van der Waals surface area (Å²) < 4.78 is 36.2. The third-order valence-corrected chi connectivity index (χ3v) is 2.71. The Morgan fingerprint density at radius 2 is 2.12 bits per heavy atom. The molecule has 90 valence electrons. The Labute approximate surface area is 101 Å². The maximum Gasteiger partial charge on any atom is 0.390 e. The minimum absolute atomic E-state index is 0.0828. The first-order valence-electron chi connectivity index (χ1n) is 4.72. The van der Waals surface area contributed by atoms with Crippen molar-refractivity contribution in [2.24, 2.45) is 0 Å². The summed E-state index contributed by atoms with van der Waals surface area (Å²) in [6.07, 6.45) is -3.38. The molecule has 0 atom stereocenters. The minimum Gasteiger partial charge on any atom is -0.359 e. The van der Waals surface area contributed by atoms with Crippen LogP contribution in [0.5, 0.6) is 0 Å². The molecular weight excluding hydrogens is 285 g/mol. The SMILES string of the molecule is CN(CCC(F)(F)F)c1ncccc1CBr. The van der Waals surface area contributed by atoms with E-state index in [1.807, 2.05) is 6.07 Å². The van der Waals surface area contributed by atoms with E-state index in [1.54, 1.807) is 19.3 Å². The van der Waals surface area contributed by atoms with Crippen molar-refractivity contribution in [2.45, 2.75) is 17.9 Å². The molecule has 1 rings (SSSR count). The van der Waals surface area contributed by atoms with Gasteiger partial charge in [0.05, 0.1) is 6.42 Å². The average molecular weight is 297 g/mol. The van der Waals surface area contributed by atoms with Crippen LogP contribution in [0.2, 0.25) is 0 Å². The van der Waals surface area contributed by atoms with Gasteiger partial charge in [0.1, 0.15) is 5.82 Å². The van der Waals surface area contributed by atoms with Crippen molar-refractivity contribution in [2.75, 3.05) is 18.5 Å². The molecule has 0 aliphatic heterocycles. The zero-order valence-corrected chi connectivity index (χ0v) is 10.3. The molecule has 0 bridgehead atoms. The van der Waals surface area contributed by atoms with Gasteiger partial charge in [-0.05, 0) is 6.07 Å². The standard InChI is InChI=1S/C10H12BrF3N2/c1-16(6-4-10(12,13)14)9-8(7-11)3-2-5-15-9/h2-3,5H,4,6-7H2,1H3. The number of hydrogen-bond donors (Lipinski definition) is 0. The molecule has 0 unspecified atom stereocenters. The van der Waals surface area contributed by atoms with Crippen LogP contribution >= 0.6 is 15.9 Å². The van der Waals surface area contributed by atoms with Gasteiger partial charge in [-0.2, -0.15) is 13.2 Å². The predicted octanol–water partition coefficient (Wildman–Crippen LogP) is 3.37. The van der Waals surface area contributed by atoms with Crippen LogP contribution in [0.1, 0.15) is 12.0 Å². The summed E-state index contributed by atoms with van der Waals surface area (Å²) in [5, 5.41) is 0.576. The van der Waals surface area contributed by atoms with Gasteiger partial charge >= 0.3 is 6.18 Å². The van der Waals surface area contributed by atoms with Gasteiger partial charge in [0.2, 0.25) is 0 Å². The van der Waals surface area contributed by atoms with Crippen molar-refractivity contribution >= 4 is 21.7 Å². The Balaban J connectivity index is 2.69. The molecule has 0 aromatic carbocycles. The van der Waals surface area contributed by atoms with Crippen molar-refractivity contribution in [1.82, 2.24) is 4.98 Å². The number of anilines is 1. The predicted molar refractivity (Wildman–Crippen MR) is 60.8 cm³/mol. The maximum absolute atomic E-state index is 12.1. The lowest BCUT2D eigenvalue weighted by molar-refractivity contribution is -0.132. The van der Waals surface area contributed by atoms with Gasteiger partial charge in [-0.3, -0.25) is 0 Å². The van der Waals surface area contributed by atoms with Crippen LogP contribution in [0.15, 0.2) is 18.3 Å². The van der Waals surface area contributed by atoms with Crippen molar-refractivity contribution < 1.29 is 13.2 Å². The fourth-order valence-electron chi connectivity index (χ4n) is 1.28. The monoisotopic (exact) mass is 296 g/mol. The molecule has 0 aliphatic rings. The number of hydrogen-bond acceptors (Lipinski definition) is 2. The molecule has 16 heavy (non-hydrogen) atoms. The van der Waals surface area contributed by atoms with E-state index in [4.69, 9.17) is 0 Å². The van der Waals surface area contributed by atoms with Crippen LogP contribution in [0.3, 0.4) is 0 Å². The Morgan fingerprint density at radius 1 is 1.44 bits per heavy atom. The molecule has 0 amide bonds. The summed E-state index contributed by atoms with van der Waals surface area (Å²) in [4.78, 5) is 5.60. The van der Waals surface area contributed by atoms with Crippen LogP contribution in [0.25, 0.3) is 0 Å². The zero-order chi connectivity index (χ0) is 12.2. The van der Waals surface area contributed by atoms with E-state index in [-0.39, 0.29) is 6.54 Å². The van der Waals surface area contributed by atoms with E-state index >= 15 is 0 Å². The van der Waals surface area contributed by atoms with Crippen molar-refractivity contribution in [3.05, 3.63) is 23.9 Å². The molecule has 1 heterocycles. The average Bonchev–Trinajstić information content (AvgIpc) is 2.25. The first kappa shape index (κ1) is 13.3. The smallest absolute Gasteiger partial charge is 0.359 e. The lowest BCUT2D eigenvalue weighted by Crippen LogP contribution is -2.25. The topological polar surface area (TPSA) is 16.1 Å². The Kier molecular flexibility index (Phi) is 4.58. The first-order chi connectivity index (χ1) is 7.44. The van der Waals surface area contributed by atoms with Crippen molar-refractivity contribution in [1.29, 1.82) is 0 Å². The summed E-state index contributed by atoms with van der Waals surface area (Å²) >= 11 is 3.28. The second kappa shape index (κ2) is 5.52. The molecule has 0 spiro atoms. The van der Waals surface area contributed by atoms with Gasteiger partial charge in [0.15, 0.2) is 0 Å². The van der Waals surface area contributed by atoms with E-state index in [0.29, 0.717) is 11.1 Å². The minimum atomic E-state index is -4.13. The van der Waals surface area contributed by atoms with Gasteiger partial charge in [0.25, 0.3) is 0 Å². The summed E-state index contributed by atoms with van der Waals surface area (Å²) in [5.41, 5.74) is 0.882. The number of pyridine rings is 1. The van der Waals surface area contributed by atoms with Gasteiger partial charge in [-0.1, -0.05) is 22.0 Å². The lowest BCUT2D eigenvalue weighted by atomic mass is 10.2. The molecule has 0 N–H and O–H groups in total. The first-order valence-corrected chi connectivity index (χ1v) is 5.84. The third-order valence-electron chi connectivity index (χ3n) is 2.10. The highest BCUT2D eigenvalue weighted by molar-refractivity contribution is 9.08. The Hall–Kier alpha value is -0.780. The van der Waals surface area contributed by atoms with Gasteiger partial charge < -0.3 is 4.90 Å². The van der Waals surface area contributed by atoms with Crippen LogP contribution in [-0.4, -0.2) is 24.8 Å². The summed E-state index contributed by atoms with van der Waals surface area (Å²) in [7, 11) is 1.61. The van der Waals surface area contributed by atoms with Crippen LogP contribution in [0.4, 0.5) is 19.0 Å². The summed E-state index contributed by atoms with van der Waals surface area (Å²) in [6.45, 7) is -0.0828. The fourth-order valence-corrected chi connectivity index (χ4v) is 1.72. The lowest BCUT2D eigenvalue weighted by Gasteiger charge is -2.21. The number of aromatic nitrogens is 1. The summed E-state index contributed by atoms with van der Waals surface area (Å²) in [6, 6.07) is 3.60. The molecule has 0 saturated carbocycles. The van der Waals surface area contributed by atoms with Gasteiger partial charge in [-0.15, -0.1) is 0 Å². The Morgan fingerprint density at radius 3 is 2.69 bits per heavy atom. The Bertz CT molecular complexity index is 341. The third kappa shape index (κ3) is 4.00. The van der Waals surface area contributed by atoms with Crippen LogP contribution in [0, 0.1) is 0 Å². The summed E-state index contributed by atoms with van der Waals surface area (Å²) in [5.74, 6) is 0.587. The molecule has 0 fully saturated rings. The molecule has 1 aromatic heterocycles. The van der Waals surface area contributed by atoms with Crippen LogP contribution < -0.4 is 4.90 Å². The largest absolute Gasteiger partial charge is 0.390 e. The molecular formula is C10H12BrF3N2. The van der Waals surface area contributed by atoms with E-state index in [0.717, 1.165) is 5.56 Å². The second-order valence-electron chi connectivity index (χ2n) is 3.41. The highest BCUT2D eigenvalue weighted by Gasteiger charge is 2.27. The van der Waals surface area contributed by atoms with Gasteiger partial charge in [-0.25, -0.2) is 4.98 Å². The van der Waals surface area contributed by atoms with E-state index in [9.17, 15) is 13.2 Å². The van der Waals surface area contributed by atoms with Gasteiger partial charge in [0, 0.05) is 30.7 Å². The van der Waals surface area contributed by atoms with Crippen molar-refractivity contribution in [3.8, 4) is 0 Å². The molecule has 0 saturated heterocycles. The zero-order valence-electron chi connectivity index (χ0n) is 8.76. The van der Waals surface area contributed by atoms with E-state index in [2.05, 4.69) is 20.9 Å². The second-order valence-corrected chi connectivity index (χ2v) is 3.97. The van der Waals surface area contributed by atoms with E-state index < -0.39 is 12.6 Å². The number of halogens is 4. The number of nitrogens with zero attached hydrogens (tertiary/aromatic N) is 2. The van der Waals surface area contributed by atoms with Crippen LogP contribution in [-0.2, 0) is 5.33 Å². The number of rotatable bonds is 4. The van der Waals surface area contributed by atoms with Crippen molar-refractivity contribution in [3.63, 3.8) is 0 Å². The molecule has 0 aliphatic carbocycles. The van der Waals surface area contributed by atoms with E-state index in [1.165, 1.54) is 4.90 Å². The fraction of sp³-hybridized carbons (Fsp3) is 0.500. The highest BCUT2D eigenvalue weighted by atomic mass is 79.9. The molecule has 1 aromatic rings. The number of alkyl halides is 4. The molecule has 6 heteroatoms. The normalized spacial score (nSPS) is 11.6. The quantitative estimate of drug-likeness (QED) is 0.792. The maximum atomic E-state index is 12.1.